The van der Waals surface area contributed by atoms with Crippen LogP contribution in [0.15, 0.2) is 76.6 Å². The Morgan fingerprint density at radius 3 is 2.47 bits per heavy atom. The van der Waals surface area contributed by atoms with Gasteiger partial charge in [-0.15, -0.1) is 0 Å². The summed E-state index contributed by atoms with van der Waals surface area (Å²) in [6.07, 6.45) is 0.364. The van der Waals surface area contributed by atoms with Crippen LogP contribution in [0, 0.1) is 6.92 Å². The molecular weight excluding hydrogens is 454 g/mol. The molecule has 0 saturated heterocycles. The quantitative estimate of drug-likeness (QED) is 0.424. The predicted octanol–water partition coefficient (Wildman–Crippen LogP) is 5.22. The number of ether oxygens (including phenoxy) is 2. The SMILES string of the molecule is COc1ccc(C2CC(c3c(-c4ccccc4)c4cc(C)ccc4[nH]c3=O)=NN2C(C)=O)c(OC)c1. The van der Waals surface area contributed by atoms with E-state index in [-0.39, 0.29) is 11.5 Å². The number of amides is 1. The molecule has 0 aliphatic carbocycles. The number of carbonyl (C=O) groups excluding carboxylic acids is 1. The molecule has 4 aromatic rings. The lowest BCUT2D eigenvalue weighted by Crippen LogP contribution is -2.24. The van der Waals surface area contributed by atoms with Gasteiger partial charge < -0.3 is 14.5 Å². The molecule has 1 aromatic heterocycles. The fourth-order valence-electron chi connectivity index (χ4n) is 4.87. The number of carbonyl (C=O) groups is 1. The number of fused-ring (bicyclic) bond motifs is 1. The third-order valence-corrected chi connectivity index (χ3v) is 6.55. The minimum absolute atomic E-state index is 0.220. The summed E-state index contributed by atoms with van der Waals surface area (Å²) in [6.45, 7) is 3.50. The Kier molecular flexibility index (Phi) is 6.06. The van der Waals surface area contributed by atoms with Gasteiger partial charge in [-0.05, 0) is 36.8 Å². The number of hydrogen-bond donors (Lipinski definition) is 1. The second kappa shape index (κ2) is 9.34. The van der Waals surface area contributed by atoms with Gasteiger partial charge in [0.25, 0.3) is 5.56 Å². The van der Waals surface area contributed by atoms with Crippen LogP contribution in [0.3, 0.4) is 0 Å². The largest absolute Gasteiger partial charge is 0.497 e. The summed E-state index contributed by atoms with van der Waals surface area (Å²) in [5.74, 6) is 1.02. The van der Waals surface area contributed by atoms with Crippen molar-refractivity contribution in [2.24, 2.45) is 5.10 Å². The number of hydrazone groups is 1. The van der Waals surface area contributed by atoms with E-state index in [0.717, 1.165) is 33.2 Å². The molecule has 1 N–H and O–H groups in total. The minimum Gasteiger partial charge on any atom is -0.497 e. The van der Waals surface area contributed by atoms with E-state index in [0.29, 0.717) is 29.2 Å². The number of benzene rings is 3. The summed E-state index contributed by atoms with van der Waals surface area (Å²) in [6, 6.07) is 20.9. The van der Waals surface area contributed by atoms with Crippen LogP contribution in [0.4, 0.5) is 0 Å². The van der Waals surface area contributed by atoms with E-state index in [2.05, 4.69) is 11.1 Å². The summed E-state index contributed by atoms with van der Waals surface area (Å²) in [5.41, 5.74) is 5.13. The maximum absolute atomic E-state index is 13.5. The molecule has 182 valence electrons. The number of rotatable bonds is 5. The molecule has 1 unspecified atom stereocenters. The highest BCUT2D eigenvalue weighted by Gasteiger charge is 2.35. The Morgan fingerprint density at radius 1 is 1.00 bits per heavy atom. The van der Waals surface area contributed by atoms with Crippen molar-refractivity contribution in [3.63, 3.8) is 0 Å². The molecule has 0 bridgehead atoms. The molecular formula is C29H27N3O4. The van der Waals surface area contributed by atoms with Crippen molar-refractivity contribution >= 4 is 22.5 Å². The van der Waals surface area contributed by atoms with Gasteiger partial charge in [-0.25, -0.2) is 5.01 Å². The van der Waals surface area contributed by atoms with Gasteiger partial charge in [0.2, 0.25) is 5.91 Å². The van der Waals surface area contributed by atoms with Crippen LogP contribution in [0.1, 0.15) is 36.1 Å². The smallest absolute Gasteiger partial charge is 0.258 e. The number of H-pyrrole nitrogens is 1. The molecule has 0 radical (unpaired) electrons. The molecule has 0 fully saturated rings. The number of pyridine rings is 1. The van der Waals surface area contributed by atoms with Gasteiger partial charge in [0, 0.05) is 41.4 Å². The predicted molar refractivity (Wildman–Crippen MR) is 141 cm³/mol. The first-order chi connectivity index (χ1) is 17.4. The Labute approximate surface area is 209 Å². The van der Waals surface area contributed by atoms with Crippen molar-refractivity contribution in [1.82, 2.24) is 9.99 Å². The second-order valence-corrected chi connectivity index (χ2v) is 8.86. The number of aromatic nitrogens is 1. The van der Waals surface area contributed by atoms with Gasteiger partial charge in [-0.2, -0.15) is 5.10 Å². The van der Waals surface area contributed by atoms with Crippen LogP contribution in [-0.4, -0.2) is 35.8 Å². The van der Waals surface area contributed by atoms with Gasteiger partial charge >= 0.3 is 0 Å². The number of hydrogen-bond acceptors (Lipinski definition) is 5. The number of methoxy groups -OCH3 is 2. The molecule has 1 aliphatic heterocycles. The standard InChI is InChI=1S/C29H27N3O4/c1-17-10-13-23-22(14-17)27(19-8-6-5-7-9-19)28(29(34)30-23)24-16-25(32(31-24)18(2)33)21-12-11-20(35-3)15-26(21)36-4/h5-15,25H,16H2,1-4H3,(H,30,34). The summed E-state index contributed by atoms with van der Waals surface area (Å²) in [4.78, 5) is 29.3. The van der Waals surface area contributed by atoms with Gasteiger partial charge in [0.1, 0.15) is 11.5 Å². The second-order valence-electron chi connectivity index (χ2n) is 8.86. The van der Waals surface area contributed by atoms with Crippen molar-refractivity contribution in [3.05, 3.63) is 93.8 Å². The normalized spacial score (nSPS) is 15.2. The van der Waals surface area contributed by atoms with E-state index < -0.39 is 6.04 Å². The Bertz CT molecular complexity index is 1560. The first-order valence-electron chi connectivity index (χ1n) is 11.7. The zero-order chi connectivity index (χ0) is 25.4. The third kappa shape index (κ3) is 4.02. The lowest BCUT2D eigenvalue weighted by atomic mass is 9.90. The zero-order valence-corrected chi connectivity index (χ0v) is 20.7. The highest BCUT2D eigenvalue weighted by molar-refractivity contribution is 6.13. The van der Waals surface area contributed by atoms with Crippen LogP contribution in [0.5, 0.6) is 11.5 Å². The van der Waals surface area contributed by atoms with Gasteiger partial charge in [0.15, 0.2) is 0 Å². The van der Waals surface area contributed by atoms with Crippen LogP contribution >= 0.6 is 0 Å². The van der Waals surface area contributed by atoms with Crippen LogP contribution in [-0.2, 0) is 4.79 Å². The molecule has 3 aromatic carbocycles. The van der Waals surface area contributed by atoms with E-state index in [1.54, 1.807) is 20.3 Å². The highest BCUT2D eigenvalue weighted by atomic mass is 16.5. The molecule has 0 spiro atoms. The van der Waals surface area contributed by atoms with Crippen LogP contribution < -0.4 is 15.0 Å². The molecule has 2 heterocycles. The lowest BCUT2D eigenvalue weighted by Gasteiger charge is -2.22. The maximum atomic E-state index is 13.5. The summed E-state index contributed by atoms with van der Waals surface area (Å²) in [7, 11) is 3.17. The zero-order valence-electron chi connectivity index (χ0n) is 20.7. The fraction of sp³-hybridized carbons (Fsp3) is 0.207. The van der Waals surface area contributed by atoms with Crippen molar-refractivity contribution in [2.45, 2.75) is 26.3 Å². The van der Waals surface area contributed by atoms with E-state index in [1.807, 2.05) is 61.5 Å². The van der Waals surface area contributed by atoms with Crippen LogP contribution in [0.2, 0.25) is 0 Å². The van der Waals surface area contributed by atoms with Gasteiger partial charge in [-0.3, -0.25) is 9.59 Å². The van der Waals surface area contributed by atoms with E-state index in [1.165, 1.54) is 11.9 Å². The Balaban J connectivity index is 1.72. The van der Waals surface area contributed by atoms with Crippen LogP contribution in [0.25, 0.3) is 22.0 Å². The third-order valence-electron chi connectivity index (χ3n) is 6.55. The number of aromatic amines is 1. The van der Waals surface area contributed by atoms with Crippen molar-refractivity contribution < 1.29 is 14.3 Å². The maximum Gasteiger partial charge on any atom is 0.258 e. The highest BCUT2D eigenvalue weighted by Crippen LogP contribution is 2.40. The van der Waals surface area contributed by atoms with Crippen molar-refractivity contribution in [1.29, 1.82) is 0 Å². The number of aryl methyl sites for hydroxylation is 1. The molecule has 5 rings (SSSR count). The minimum atomic E-state index is -0.422. The Morgan fingerprint density at radius 2 is 1.78 bits per heavy atom. The topological polar surface area (TPSA) is 84.0 Å². The van der Waals surface area contributed by atoms with E-state index in [4.69, 9.17) is 14.6 Å². The molecule has 1 atom stereocenters. The summed E-state index contributed by atoms with van der Waals surface area (Å²) < 4.78 is 11.0. The number of nitrogens with one attached hydrogen (secondary N) is 1. The van der Waals surface area contributed by atoms with E-state index in [9.17, 15) is 9.59 Å². The monoisotopic (exact) mass is 481 g/mol. The Hall–Kier alpha value is -4.39. The molecule has 7 heteroatoms. The lowest BCUT2D eigenvalue weighted by molar-refractivity contribution is -0.130. The van der Waals surface area contributed by atoms with E-state index >= 15 is 0 Å². The average molecular weight is 482 g/mol. The molecule has 36 heavy (non-hydrogen) atoms. The first kappa shape index (κ1) is 23.4. The summed E-state index contributed by atoms with van der Waals surface area (Å²) in [5, 5.41) is 7.07. The fourth-order valence-corrected chi connectivity index (χ4v) is 4.87. The number of nitrogens with zero attached hydrogens (tertiary/aromatic N) is 2. The molecule has 7 nitrogen and oxygen atoms in total. The summed E-state index contributed by atoms with van der Waals surface area (Å²) >= 11 is 0. The first-order valence-corrected chi connectivity index (χ1v) is 11.7. The van der Waals surface area contributed by atoms with Gasteiger partial charge in [0.05, 0.1) is 31.5 Å². The van der Waals surface area contributed by atoms with Crippen molar-refractivity contribution in [2.75, 3.05) is 14.2 Å². The molecule has 0 saturated carbocycles. The van der Waals surface area contributed by atoms with Crippen molar-refractivity contribution in [3.8, 4) is 22.6 Å². The molecule has 1 aliphatic rings. The molecule has 1 amide bonds. The van der Waals surface area contributed by atoms with Gasteiger partial charge in [-0.1, -0.05) is 42.0 Å². The average Bonchev–Trinajstić information content (AvgIpc) is 3.33.